The van der Waals surface area contributed by atoms with Gasteiger partial charge in [-0.1, -0.05) is 22.0 Å². The number of benzene rings is 1. The molecule has 1 aromatic rings. The maximum absolute atomic E-state index is 11.5. The molecule has 4 heteroatoms. The normalized spacial score (nSPS) is 21.3. The van der Waals surface area contributed by atoms with Crippen LogP contribution in [0.2, 0.25) is 0 Å². The summed E-state index contributed by atoms with van der Waals surface area (Å²) in [5, 5.41) is 5.56. The van der Waals surface area contributed by atoms with E-state index in [1.54, 1.807) is 0 Å². The third-order valence-corrected chi connectivity index (χ3v) is 5.34. The topological polar surface area (TPSA) is 43.1 Å². The van der Waals surface area contributed by atoms with E-state index in [1.165, 1.54) is 11.1 Å². The first-order chi connectivity index (χ1) is 7.90. The van der Waals surface area contributed by atoms with E-state index < -0.39 is 11.0 Å². The smallest absolute Gasteiger partial charge is 0.0945 e. The summed E-state index contributed by atoms with van der Waals surface area (Å²) < 4.78 is 12.3. The highest BCUT2D eigenvalue weighted by atomic mass is 79.9. The van der Waals surface area contributed by atoms with Crippen LogP contribution in [0.4, 0.5) is 0 Å². The summed E-state index contributed by atoms with van der Waals surface area (Å²) in [6.45, 7) is 3.97. The predicted molar refractivity (Wildman–Crippen MR) is 76.2 cm³/mol. The van der Waals surface area contributed by atoms with E-state index in [0.717, 1.165) is 23.7 Å². The third kappa shape index (κ3) is 2.80. The van der Waals surface area contributed by atoms with Crippen LogP contribution in [-0.2, 0) is 17.4 Å². The van der Waals surface area contributed by atoms with Crippen LogP contribution in [0.5, 0.6) is 0 Å². The Morgan fingerprint density at radius 2 is 2.24 bits per heavy atom. The van der Waals surface area contributed by atoms with Crippen molar-refractivity contribution in [3.63, 3.8) is 0 Å². The molecule has 2 N–H and O–H groups in total. The minimum Gasteiger partial charge on any atom is -0.251 e. The van der Waals surface area contributed by atoms with Crippen LogP contribution in [-0.4, -0.2) is 8.96 Å². The quantitative estimate of drug-likeness (QED) is 0.914. The van der Waals surface area contributed by atoms with Gasteiger partial charge in [0, 0.05) is 4.47 Å². The first kappa shape index (κ1) is 13.2. The molecule has 1 aliphatic carbocycles. The molecule has 0 aliphatic heterocycles. The van der Waals surface area contributed by atoms with Gasteiger partial charge < -0.3 is 0 Å². The first-order valence-corrected chi connectivity index (χ1v) is 7.85. The molecule has 0 amide bonds. The van der Waals surface area contributed by atoms with E-state index in [-0.39, 0.29) is 4.75 Å². The van der Waals surface area contributed by atoms with Crippen molar-refractivity contribution in [2.45, 2.75) is 43.8 Å². The highest BCUT2D eigenvalue weighted by Crippen LogP contribution is 2.40. The van der Waals surface area contributed by atoms with E-state index in [9.17, 15) is 4.21 Å². The highest BCUT2D eigenvalue weighted by Gasteiger charge is 2.32. The largest absolute Gasteiger partial charge is 0.251 e. The van der Waals surface area contributed by atoms with Crippen molar-refractivity contribution in [1.29, 1.82) is 0 Å². The maximum atomic E-state index is 11.5. The Labute approximate surface area is 114 Å². The molecule has 1 aromatic carbocycles. The summed E-state index contributed by atoms with van der Waals surface area (Å²) >= 11 is 3.50. The Morgan fingerprint density at radius 3 is 2.88 bits per heavy atom. The molecule has 0 heterocycles. The molecule has 0 saturated heterocycles. The van der Waals surface area contributed by atoms with Gasteiger partial charge in [-0.2, -0.15) is 0 Å². The van der Waals surface area contributed by atoms with E-state index in [2.05, 4.69) is 34.1 Å². The summed E-state index contributed by atoms with van der Waals surface area (Å²) in [5.41, 5.74) is 2.83. The monoisotopic (exact) mass is 315 g/mol. The Bertz CT molecular complexity index is 459. The lowest BCUT2D eigenvalue weighted by molar-refractivity contribution is 0.515. The number of aryl methyl sites for hydroxylation is 1. The van der Waals surface area contributed by atoms with Gasteiger partial charge >= 0.3 is 0 Å². The molecule has 94 valence electrons. The first-order valence-electron chi connectivity index (χ1n) is 5.85. The Morgan fingerprint density at radius 1 is 1.53 bits per heavy atom. The third-order valence-electron chi connectivity index (χ3n) is 3.59. The summed E-state index contributed by atoms with van der Waals surface area (Å²) in [6, 6.07) is 6.47. The van der Waals surface area contributed by atoms with Gasteiger partial charge in [0.2, 0.25) is 0 Å². The second-order valence-corrected chi connectivity index (χ2v) is 7.96. The molecule has 1 unspecified atom stereocenters. The van der Waals surface area contributed by atoms with E-state index >= 15 is 0 Å². The molecule has 0 aromatic heterocycles. The van der Waals surface area contributed by atoms with Crippen molar-refractivity contribution in [3.05, 3.63) is 33.8 Å². The van der Waals surface area contributed by atoms with Gasteiger partial charge in [-0.15, -0.1) is 0 Å². The molecule has 1 aliphatic rings. The van der Waals surface area contributed by atoms with Crippen LogP contribution < -0.4 is 5.14 Å². The number of rotatable bonds is 3. The van der Waals surface area contributed by atoms with E-state index in [1.807, 2.05) is 13.8 Å². The van der Waals surface area contributed by atoms with Crippen LogP contribution >= 0.6 is 15.9 Å². The summed E-state index contributed by atoms with van der Waals surface area (Å²) in [5.74, 6) is 0.501. The molecule has 0 fully saturated rings. The number of halogens is 1. The zero-order valence-electron chi connectivity index (χ0n) is 10.2. The van der Waals surface area contributed by atoms with Crippen LogP contribution in [0.25, 0.3) is 0 Å². The molecule has 0 radical (unpaired) electrons. The molecular formula is C13H18BrNOS. The summed E-state index contributed by atoms with van der Waals surface area (Å²) in [6.07, 6.45) is 3.16. The van der Waals surface area contributed by atoms with Crippen LogP contribution in [0.1, 0.15) is 43.7 Å². The highest BCUT2D eigenvalue weighted by molar-refractivity contribution is 9.10. The fourth-order valence-corrected chi connectivity index (χ4v) is 3.34. The molecule has 0 saturated carbocycles. The molecule has 2 nitrogen and oxygen atoms in total. The van der Waals surface area contributed by atoms with Crippen LogP contribution in [0.3, 0.4) is 0 Å². The Kier molecular flexibility index (Phi) is 3.76. The van der Waals surface area contributed by atoms with Gasteiger partial charge in [-0.05, 0) is 62.3 Å². The number of nitrogens with two attached hydrogens (primary N) is 1. The number of hydrogen-bond acceptors (Lipinski definition) is 1. The lowest BCUT2D eigenvalue weighted by Gasteiger charge is -2.25. The summed E-state index contributed by atoms with van der Waals surface area (Å²) in [7, 11) is -1.26. The molecule has 0 spiro atoms. The van der Waals surface area contributed by atoms with Gasteiger partial charge in [-0.25, -0.2) is 4.21 Å². The van der Waals surface area contributed by atoms with Gasteiger partial charge in [0.05, 0.1) is 15.7 Å². The van der Waals surface area contributed by atoms with Crippen LogP contribution in [0, 0.1) is 0 Å². The zero-order chi connectivity index (χ0) is 12.6. The Balaban J connectivity index is 2.20. The molecule has 0 bridgehead atoms. The van der Waals surface area contributed by atoms with Crippen molar-refractivity contribution in [1.82, 2.24) is 0 Å². The molecule has 17 heavy (non-hydrogen) atoms. The lowest BCUT2D eigenvalue weighted by atomic mass is 9.91. The fraction of sp³-hybridized carbons (Fsp3) is 0.538. The van der Waals surface area contributed by atoms with Gasteiger partial charge in [0.25, 0.3) is 0 Å². The van der Waals surface area contributed by atoms with Crippen molar-refractivity contribution in [3.8, 4) is 0 Å². The summed E-state index contributed by atoms with van der Waals surface area (Å²) in [4.78, 5) is 0. The molecular weight excluding hydrogens is 298 g/mol. The van der Waals surface area contributed by atoms with Gasteiger partial charge in [0.15, 0.2) is 0 Å². The Hall–Kier alpha value is -0.190. The minimum absolute atomic E-state index is 0.306. The lowest BCUT2D eigenvalue weighted by Crippen LogP contribution is -2.33. The van der Waals surface area contributed by atoms with Gasteiger partial charge in [0.1, 0.15) is 0 Å². The average molecular weight is 316 g/mol. The van der Waals surface area contributed by atoms with Crippen molar-refractivity contribution in [2.24, 2.45) is 5.14 Å². The van der Waals surface area contributed by atoms with Crippen molar-refractivity contribution in [2.75, 3.05) is 0 Å². The standard InChI is InChI=1S/C13H18BrNOS/c1-13(2,17(15)16)8-10-4-3-9-7-11(14)5-6-12(9)10/h5-7,10H,3-4,8,15H2,1-2H3/t10-,17?/m1/s1. The van der Waals surface area contributed by atoms with E-state index in [4.69, 9.17) is 5.14 Å². The van der Waals surface area contributed by atoms with Crippen LogP contribution in [0.15, 0.2) is 22.7 Å². The van der Waals surface area contributed by atoms with Crippen molar-refractivity contribution >= 4 is 26.9 Å². The van der Waals surface area contributed by atoms with Crippen molar-refractivity contribution < 1.29 is 4.21 Å². The van der Waals surface area contributed by atoms with Gasteiger partial charge in [-0.3, -0.25) is 5.14 Å². The zero-order valence-corrected chi connectivity index (χ0v) is 12.6. The fourth-order valence-electron chi connectivity index (χ4n) is 2.56. The van der Waals surface area contributed by atoms with E-state index in [0.29, 0.717) is 5.92 Å². The SMILES string of the molecule is CC(C)(C[C@H]1CCc2cc(Br)ccc21)S(N)=O. The average Bonchev–Trinajstić information content (AvgIpc) is 2.60. The maximum Gasteiger partial charge on any atom is 0.0945 e. The molecule has 2 rings (SSSR count). The predicted octanol–water partition coefficient (Wildman–Crippen LogP) is 3.27. The number of fused-ring (bicyclic) bond motifs is 1. The minimum atomic E-state index is -1.26. The second-order valence-electron chi connectivity index (χ2n) is 5.34. The number of hydrogen-bond donors (Lipinski definition) is 1. The second kappa shape index (κ2) is 4.82. The molecule has 2 atom stereocenters.